The summed E-state index contributed by atoms with van der Waals surface area (Å²) in [6.45, 7) is -0.315. The zero-order chi connectivity index (χ0) is 31.9. The molecule has 8 nitrogen and oxygen atoms in total. The second-order valence-corrected chi connectivity index (χ2v) is 11.4. The van der Waals surface area contributed by atoms with Crippen LogP contribution in [0.3, 0.4) is 0 Å². The van der Waals surface area contributed by atoms with E-state index in [4.69, 9.17) is 14.6 Å². The minimum atomic E-state index is -1.72. The van der Waals surface area contributed by atoms with Crippen molar-refractivity contribution in [3.05, 3.63) is 96.1 Å². The van der Waals surface area contributed by atoms with E-state index in [0.29, 0.717) is 13.0 Å². The minimum Gasteiger partial charge on any atom is -0.480 e. The van der Waals surface area contributed by atoms with Crippen molar-refractivity contribution in [1.29, 1.82) is 0 Å². The maximum atomic E-state index is 13.0. The molecular formula is C37H43NO7. The van der Waals surface area contributed by atoms with Crippen LogP contribution in [-0.2, 0) is 36.7 Å². The van der Waals surface area contributed by atoms with Crippen molar-refractivity contribution in [1.82, 2.24) is 5.32 Å². The molecule has 4 rings (SSSR count). The van der Waals surface area contributed by atoms with Crippen molar-refractivity contribution in [2.45, 2.75) is 70.0 Å². The van der Waals surface area contributed by atoms with Gasteiger partial charge in [0.1, 0.15) is 6.61 Å². The lowest BCUT2D eigenvalue weighted by Crippen LogP contribution is -2.49. The van der Waals surface area contributed by atoms with Crippen LogP contribution in [0.4, 0.5) is 0 Å². The Kier molecular flexibility index (Phi) is 13.4. The van der Waals surface area contributed by atoms with E-state index in [9.17, 15) is 19.5 Å². The molecule has 0 aliphatic rings. The van der Waals surface area contributed by atoms with Crippen LogP contribution in [0.5, 0.6) is 0 Å². The van der Waals surface area contributed by atoms with Gasteiger partial charge in [-0.15, -0.1) is 0 Å². The lowest BCUT2D eigenvalue weighted by atomic mass is 10.0. The number of aliphatic carboxylic acids is 2. The highest BCUT2D eigenvalue weighted by Gasteiger charge is 2.36. The third-order valence-corrected chi connectivity index (χ3v) is 7.89. The van der Waals surface area contributed by atoms with Gasteiger partial charge in [-0.25, -0.2) is 9.59 Å². The number of carboxylic acid groups (broad SMARTS) is 2. The predicted molar refractivity (Wildman–Crippen MR) is 175 cm³/mol. The Balaban J connectivity index is 1.18. The van der Waals surface area contributed by atoms with Crippen molar-refractivity contribution >= 4 is 39.4 Å². The number of carboxylic acids is 2. The molecule has 2 unspecified atom stereocenters. The molecule has 0 spiro atoms. The van der Waals surface area contributed by atoms with Crippen LogP contribution < -0.4 is 5.32 Å². The van der Waals surface area contributed by atoms with Crippen LogP contribution >= 0.6 is 0 Å². The van der Waals surface area contributed by atoms with E-state index < -0.39 is 36.7 Å². The molecule has 8 heteroatoms. The molecule has 1 amide bonds. The predicted octanol–water partition coefficient (Wildman–Crippen LogP) is 6.56. The summed E-state index contributed by atoms with van der Waals surface area (Å²) < 4.78 is 10.8. The van der Waals surface area contributed by atoms with Gasteiger partial charge >= 0.3 is 11.9 Å². The Morgan fingerprint density at radius 3 is 1.69 bits per heavy atom. The Morgan fingerprint density at radius 1 is 0.600 bits per heavy atom. The summed E-state index contributed by atoms with van der Waals surface area (Å²) in [4.78, 5) is 35.9. The molecule has 4 aromatic carbocycles. The van der Waals surface area contributed by atoms with Gasteiger partial charge in [0.05, 0.1) is 0 Å². The zero-order valence-corrected chi connectivity index (χ0v) is 25.7. The molecule has 0 radical (unpaired) electrons. The summed E-state index contributed by atoms with van der Waals surface area (Å²) >= 11 is 0. The lowest BCUT2D eigenvalue weighted by Gasteiger charge is -2.23. The van der Waals surface area contributed by atoms with E-state index in [2.05, 4.69) is 66.0 Å². The van der Waals surface area contributed by atoms with Crippen LogP contribution in [0, 0.1) is 0 Å². The van der Waals surface area contributed by atoms with Crippen LogP contribution in [0.25, 0.3) is 21.5 Å². The SMILES string of the molecule is O=C(O)COC(C(=O)O)C(OCCCCCCc1ccc2ccccc2c1)C(=O)NCCCCCc1ccc2ccccc2c1. The Bertz CT molecular complexity index is 1550. The first kappa shape index (κ1) is 33.6. The topological polar surface area (TPSA) is 122 Å². The summed E-state index contributed by atoms with van der Waals surface area (Å²) in [6.07, 6.45) is 4.74. The van der Waals surface area contributed by atoms with Crippen molar-refractivity contribution in [3.8, 4) is 0 Å². The maximum absolute atomic E-state index is 13.0. The van der Waals surface area contributed by atoms with Crippen LogP contribution in [0.15, 0.2) is 84.9 Å². The average Bonchev–Trinajstić information content (AvgIpc) is 3.04. The smallest absolute Gasteiger partial charge is 0.336 e. The number of carbonyl (C=O) groups is 3. The molecule has 2 atom stereocenters. The number of hydrogen-bond donors (Lipinski definition) is 3. The molecule has 0 saturated carbocycles. The summed E-state index contributed by atoms with van der Waals surface area (Å²) in [5.41, 5.74) is 2.55. The third-order valence-electron chi connectivity index (χ3n) is 7.89. The highest BCUT2D eigenvalue weighted by molar-refractivity contribution is 5.88. The molecule has 3 N–H and O–H groups in total. The Labute approximate surface area is 264 Å². The first-order valence-corrected chi connectivity index (χ1v) is 15.8. The van der Waals surface area contributed by atoms with Gasteiger partial charge in [-0.05, 0) is 71.2 Å². The van der Waals surface area contributed by atoms with Crippen LogP contribution in [0.1, 0.15) is 56.1 Å². The standard InChI is InChI=1S/C37H43NO7/c39-33(40)26-45-35(37(42)43)34(44-23-11-2-1-4-12-27-18-20-29-14-6-8-16-31(29)24-27)36(41)38-22-10-3-5-13-28-19-21-30-15-7-9-17-32(30)25-28/h6-9,14-21,24-25,34-35H,1-5,10-13,22-23,26H2,(H,38,41)(H,39,40)(H,42,43). The number of ether oxygens (including phenoxy) is 2. The van der Waals surface area contributed by atoms with Gasteiger partial charge in [0, 0.05) is 13.2 Å². The van der Waals surface area contributed by atoms with E-state index in [1.165, 1.54) is 32.7 Å². The first-order chi connectivity index (χ1) is 21.9. The molecule has 0 fully saturated rings. The van der Waals surface area contributed by atoms with Gasteiger partial charge in [-0.1, -0.05) is 104 Å². The first-order valence-electron chi connectivity index (χ1n) is 15.8. The van der Waals surface area contributed by atoms with E-state index in [-0.39, 0.29) is 6.61 Å². The lowest BCUT2D eigenvalue weighted by molar-refractivity contribution is -0.172. The van der Waals surface area contributed by atoms with E-state index >= 15 is 0 Å². The number of unbranched alkanes of at least 4 members (excludes halogenated alkanes) is 5. The molecule has 45 heavy (non-hydrogen) atoms. The normalized spacial score (nSPS) is 12.6. The van der Waals surface area contributed by atoms with E-state index in [0.717, 1.165) is 51.4 Å². The monoisotopic (exact) mass is 613 g/mol. The van der Waals surface area contributed by atoms with Crippen LogP contribution in [0.2, 0.25) is 0 Å². The second-order valence-electron chi connectivity index (χ2n) is 11.4. The maximum Gasteiger partial charge on any atom is 0.336 e. The van der Waals surface area contributed by atoms with Gasteiger partial charge in [0.25, 0.3) is 5.91 Å². The third kappa shape index (κ3) is 11.0. The number of amides is 1. The van der Waals surface area contributed by atoms with Gasteiger partial charge in [0.2, 0.25) is 0 Å². The molecule has 0 heterocycles. The summed E-state index contributed by atoms with van der Waals surface area (Å²) in [5, 5.41) is 26.3. The molecule has 0 aliphatic heterocycles. The second kappa shape index (κ2) is 17.9. The van der Waals surface area contributed by atoms with E-state index in [1.807, 2.05) is 24.3 Å². The molecule has 0 saturated heterocycles. The van der Waals surface area contributed by atoms with Crippen molar-refractivity contribution in [2.24, 2.45) is 0 Å². The van der Waals surface area contributed by atoms with Gasteiger partial charge < -0.3 is 25.0 Å². The highest BCUT2D eigenvalue weighted by Crippen LogP contribution is 2.19. The van der Waals surface area contributed by atoms with Crippen molar-refractivity contribution < 1.29 is 34.1 Å². The highest BCUT2D eigenvalue weighted by atomic mass is 16.6. The zero-order valence-electron chi connectivity index (χ0n) is 25.7. The average molecular weight is 614 g/mol. The summed E-state index contributed by atoms with van der Waals surface area (Å²) in [6, 6.07) is 29.5. The summed E-state index contributed by atoms with van der Waals surface area (Å²) in [5.74, 6) is -3.38. The van der Waals surface area contributed by atoms with Gasteiger partial charge in [0.15, 0.2) is 12.2 Å². The van der Waals surface area contributed by atoms with E-state index in [1.54, 1.807) is 0 Å². The number of fused-ring (bicyclic) bond motifs is 2. The number of nitrogens with one attached hydrogen (secondary N) is 1. The summed E-state index contributed by atoms with van der Waals surface area (Å²) in [7, 11) is 0. The van der Waals surface area contributed by atoms with Crippen molar-refractivity contribution in [3.63, 3.8) is 0 Å². The molecule has 0 bridgehead atoms. The fourth-order valence-corrected chi connectivity index (χ4v) is 5.48. The largest absolute Gasteiger partial charge is 0.480 e. The Morgan fingerprint density at radius 2 is 1.13 bits per heavy atom. The molecule has 4 aromatic rings. The van der Waals surface area contributed by atoms with Crippen molar-refractivity contribution in [2.75, 3.05) is 19.8 Å². The number of aryl methyl sites for hydroxylation is 2. The quantitative estimate of drug-likeness (QED) is 0.0965. The van der Waals surface area contributed by atoms with Gasteiger partial charge in [-0.2, -0.15) is 0 Å². The number of hydrogen-bond acceptors (Lipinski definition) is 5. The number of benzene rings is 4. The fourth-order valence-electron chi connectivity index (χ4n) is 5.48. The molecule has 0 aliphatic carbocycles. The number of rotatable bonds is 20. The molecular weight excluding hydrogens is 570 g/mol. The molecule has 238 valence electrons. The van der Waals surface area contributed by atoms with Crippen LogP contribution in [-0.4, -0.2) is 60.0 Å². The molecule has 0 aromatic heterocycles. The fraction of sp³-hybridized carbons (Fsp3) is 0.378. The minimum absolute atomic E-state index is 0.167. The van der Waals surface area contributed by atoms with Gasteiger partial charge in [-0.3, -0.25) is 4.79 Å². The number of carbonyl (C=O) groups excluding carboxylic acids is 1. The Hall–Kier alpha value is -4.27.